The monoisotopic (exact) mass is 478 g/mol. The predicted molar refractivity (Wildman–Crippen MR) is 130 cm³/mol. The second-order valence-electron chi connectivity index (χ2n) is 8.34. The van der Waals surface area contributed by atoms with Crippen molar-refractivity contribution in [3.63, 3.8) is 0 Å². The Morgan fingerprint density at radius 1 is 1.03 bits per heavy atom. The van der Waals surface area contributed by atoms with Gasteiger partial charge in [0, 0.05) is 37.2 Å². The molecule has 0 spiro atoms. The fourth-order valence-electron chi connectivity index (χ4n) is 4.24. The highest BCUT2D eigenvalue weighted by Gasteiger charge is 2.23. The van der Waals surface area contributed by atoms with Crippen molar-refractivity contribution in [2.24, 2.45) is 0 Å². The molecule has 2 heterocycles. The molecule has 3 aromatic rings. The lowest BCUT2D eigenvalue weighted by Gasteiger charge is -2.30. The molecule has 1 aliphatic rings. The summed E-state index contributed by atoms with van der Waals surface area (Å²) in [7, 11) is 0. The number of nitrogens with one attached hydrogen (secondary N) is 2. The van der Waals surface area contributed by atoms with Gasteiger partial charge in [-0.2, -0.15) is 5.10 Å². The van der Waals surface area contributed by atoms with E-state index in [2.05, 4.69) is 16.0 Å². The summed E-state index contributed by atoms with van der Waals surface area (Å²) in [6, 6.07) is 10.8. The number of hydrogen-bond acceptors (Lipinski definition) is 7. The van der Waals surface area contributed by atoms with Crippen LogP contribution in [0.2, 0.25) is 0 Å². The van der Waals surface area contributed by atoms with Gasteiger partial charge in [-0.1, -0.05) is 25.1 Å². The lowest BCUT2D eigenvalue weighted by atomic mass is 10.1. The van der Waals surface area contributed by atoms with Crippen LogP contribution in [0.3, 0.4) is 0 Å². The molecular formula is C24H26N6O5. The maximum absolute atomic E-state index is 13.1. The number of amides is 2. The molecule has 1 aromatic heterocycles. The maximum Gasteiger partial charge on any atom is 0.290 e. The topological polar surface area (TPSA) is 139 Å². The number of aromatic nitrogens is 2. The molecule has 2 aromatic carbocycles. The molecule has 0 radical (unpaired) electrons. The number of rotatable bonds is 6. The van der Waals surface area contributed by atoms with E-state index < -0.39 is 16.7 Å². The second-order valence-corrected chi connectivity index (χ2v) is 8.34. The van der Waals surface area contributed by atoms with Gasteiger partial charge in [0.25, 0.3) is 23.1 Å². The highest BCUT2D eigenvalue weighted by Crippen LogP contribution is 2.28. The summed E-state index contributed by atoms with van der Waals surface area (Å²) in [5.74, 6) is -1.39. The smallest absolute Gasteiger partial charge is 0.290 e. The fraction of sp³-hybridized carbons (Fsp3) is 0.333. The fourth-order valence-corrected chi connectivity index (χ4v) is 4.24. The Morgan fingerprint density at radius 3 is 2.40 bits per heavy atom. The molecule has 0 atom stereocenters. The number of non-ortho nitro benzene ring substituents is 1. The van der Waals surface area contributed by atoms with Gasteiger partial charge < -0.3 is 4.90 Å². The van der Waals surface area contributed by atoms with Crippen LogP contribution in [0.5, 0.6) is 0 Å². The van der Waals surface area contributed by atoms with Crippen molar-refractivity contribution in [1.82, 2.24) is 20.6 Å². The van der Waals surface area contributed by atoms with Gasteiger partial charge in [0.1, 0.15) is 0 Å². The minimum Gasteiger partial charge on any atom is -0.371 e. The Labute approximate surface area is 200 Å². The summed E-state index contributed by atoms with van der Waals surface area (Å²) < 4.78 is 1.23. The van der Waals surface area contributed by atoms with Crippen LogP contribution >= 0.6 is 0 Å². The van der Waals surface area contributed by atoms with Gasteiger partial charge in [-0.15, -0.1) is 0 Å². The summed E-state index contributed by atoms with van der Waals surface area (Å²) in [5.41, 5.74) is 4.84. The van der Waals surface area contributed by atoms with Crippen molar-refractivity contribution < 1.29 is 14.5 Å². The van der Waals surface area contributed by atoms with Crippen LogP contribution in [0.4, 0.5) is 11.4 Å². The van der Waals surface area contributed by atoms with E-state index >= 15 is 0 Å². The zero-order valence-electron chi connectivity index (χ0n) is 19.3. The quantitative estimate of drug-likeness (QED) is 0.410. The molecule has 2 N–H and O–H groups in total. The molecule has 11 heteroatoms. The van der Waals surface area contributed by atoms with Crippen LogP contribution in [-0.2, 0) is 6.54 Å². The number of anilines is 1. The number of nitrogens with zero attached hydrogens (tertiary/aromatic N) is 4. The highest BCUT2D eigenvalue weighted by atomic mass is 16.6. The Kier molecular flexibility index (Phi) is 7.04. The molecule has 0 saturated carbocycles. The number of fused-ring (bicyclic) bond motifs is 1. The van der Waals surface area contributed by atoms with Crippen molar-refractivity contribution in [3.05, 3.63) is 74.2 Å². The number of benzene rings is 2. The Morgan fingerprint density at radius 2 is 1.71 bits per heavy atom. The zero-order chi connectivity index (χ0) is 24.9. The van der Waals surface area contributed by atoms with E-state index in [9.17, 15) is 24.5 Å². The first-order valence-electron chi connectivity index (χ1n) is 11.5. The molecule has 1 fully saturated rings. The summed E-state index contributed by atoms with van der Waals surface area (Å²) in [6.45, 7) is 3.70. The average molecular weight is 479 g/mol. The molecule has 0 aliphatic carbocycles. The summed E-state index contributed by atoms with van der Waals surface area (Å²) in [5, 5.41) is 16.2. The van der Waals surface area contributed by atoms with E-state index in [-0.39, 0.29) is 22.5 Å². The van der Waals surface area contributed by atoms with E-state index in [4.69, 9.17) is 0 Å². The lowest BCUT2D eigenvalue weighted by molar-refractivity contribution is -0.384. The molecule has 35 heavy (non-hydrogen) atoms. The second kappa shape index (κ2) is 10.3. The zero-order valence-corrected chi connectivity index (χ0v) is 19.3. The van der Waals surface area contributed by atoms with Crippen LogP contribution < -0.4 is 21.3 Å². The van der Waals surface area contributed by atoms with E-state index in [1.165, 1.54) is 16.8 Å². The van der Waals surface area contributed by atoms with Crippen molar-refractivity contribution in [1.29, 1.82) is 0 Å². The number of carbonyl (C=O) groups excluding carboxylic acids is 2. The standard InChI is InChI=1S/C24H26N6O5/c1-2-12-29-24(33)18-9-5-4-8-17(18)21(27-29)23(32)26-25-22(31)19-15-16(30(34)35)10-11-20(19)28-13-6-3-7-14-28/h4-5,8-11,15H,2-3,6-7,12-14H2,1H3,(H,25,31)(H,26,32). The Bertz CT molecular complexity index is 1350. The van der Waals surface area contributed by atoms with Gasteiger partial charge in [0.15, 0.2) is 5.69 Å². The molecule has 2 amide bonds. The summed E-state index contributed by atoms with van der Waals surface area (Å²) in [6.07, 6.45) is 3.65. The molecule has 0 bridgehead atoms. The Hall–Kier alpha value is -4.28. The number of piperidine rings is 1. The number of nitro groups is 1. The van der Waals surface area contributed by atoms with Crippen molar-refractivity contribution in [3.8, 4) is 0 Å². The molecule has 1 saturated heterocycles. The van der Waals surface area contributed by atoms with Crippen LogP contribution in [0.25, 0.3) is 10.8 Å². The third-order valence-corrected chi connectivity index (χ3v) is 5.94. The molecule has 11 nitrogen and oxygen atoms in total. The first-order chi connectivity index (χ1) is 16.9. The van der Waals surface area contributed by atoms with Crippen molar-refractivity contribution >= 4 is 34.0 Å². The van der Waals surface area contributed by atoms with Crippen molar-refractivity contribution in [2.75, 3.05) is 18.0 Å². The summed E-state index contributed by atoms with van der Waals surface area (Å²) >= 11 is 0. The van der Waals surface area contributed by atoms with Gasteiger partial charge in [0.2, 0.25) is 0 Å². The van der Waals surface area contributed by atoms with Crippen LogP contribution in [0.1, 0.15) is 53.5 Å². The van der Waals surface area contributed by atoms with Gasteiger partial charge in [-0.25, -0.2) is 4.68 Å². The SMILES string of the molecule is CCCn1nc(C(=O)NNC(=O)c2cc([N+](=O)[O-])ccc2N2CCCCC2)c2ccccc2c1=O. The van der Waals surface area contributed by atoms with Gasteiger partial charge >= 0.3 is 0 Å². The van der Waals surface area contributed by atoms with E-state index in [0.717, 1.165) is 32.4 Å². The number of aryl methyl sites for hydroxylation is 1. The molecular weight excluding hydrogens is 452 g/mol. The molecule has 182 valence electrons. The summed E-state index contributed by atoms with van der Waals surface area (Å²) in [4.78, 5) is 51.5. The largest absolute Gasteiger partial charge is 0.371 e. The predicted octanol–water partition coefficient (Wildman–Crippen LogP) is 2.78. The number of carbonyl (C=O) groups is 2. The maximum atomic E-state index is 13.1. The number of hydrazine groups is 1. The normalized spacial score (nSPS) is 13.5. The van der Waals surface area contributed by atoms with E-state index in [0.29, 0.717) is 29.4 Å². The molecule has 4 rings (SSSR count). The molecule has 0 unspecified atom stereocenters. The molecule has 1 aliphatic heterocycles. The average Bonchev–Trinajstić information content (AvgIpc) is 2.89. The third-order valence-electron chi connectivity index (χ3n) is 5.94. The van der Waals surface area contributed by atoms with E-state index in [1.54, 1.807) is 30.3 Å². The van der Waals surface area contributed by atoms with Crippen LogP contribution in [0.15, 0.2) is 47.3 Å². The first kappa shape index (κ1) is 23.9. The third kappa shape index (κ3) is 4.98. The van der Waals surface area contributed by atoms with Crippen molar-refractivity contribution in [2.45, 2.75) is 39.2 Å². The van der Waals surface area contributed by atoms with Gasteiger partial charge in [-0.05, 0) is 37.8 Å². The minimum atomic E-state index is -0.704. The van der Waals surface area contributed by atoms with Gasteiger partial charge in [0.05, 0.1) is 21.6 Å². The van der Waals surface area contributed by atoms with Crippen LogP contribution in [0, 0.1) is 10.1 Å². The first-order valence-corrected chi connectivity index (χ1v) is 11.5. The van der Waals surface area contributed by atoms with Crippen LogP contribution in [-0.4, -0.2) is 39.6 Å². The highest BCUT2D eigenvalue weighted by molar-refractivity contribution is 6.07. The van der Waals surface area contributed by atoms with Gasteiger partial charge in [-0.3, -0.25) is 35.3 Å². The number of hydrogen-bond donors (Lipinski definition) is 2. The lowest BCUT2D eigenvalue weighted by Crippen LogP contribution is -2.43. The minimum absolute atomic E-state index is 0.00996. The number of nitro benzene ring substituents is 1. The Balaban J connectivity index is 1.61. The van der Waals surface area contributed by atoms with E-state index in [1.807, 2.05) is 11.8 Å².